The van der Waals surface area contributed by atoms with Crippen molar-refractivity contribution in [1.29, 1.82) is 0 Å². The van der Waals surface area contributed by atoms with Crippen LogP contribution in [0, 0.1) is 6.92 Å². The van der Waals surface area contributed by atoms with E-state index in [2.05, 4.69) is 31.3 Å². The Morgan fingerprint density at radius 1 is 1.14 bits per heavy atom. The summed E-state index contributed by atoms with van der Waals surface area (Å²) in [7, 11) is 0. The fraction of sp³-hybridized carbons (Fsp3) is 0.0909. The Balaban J connectivity index is 1.99. The molecule has 0 saturated carbocycles. The zero-order chi connectivity index (χ0) is 20.8. The molecule has 6 nitrogen and oxygen atoms in total. The minimum absolute atomic E-state index is 0.309. The number of aryl methyl sites for hydroxylation is 1. The number of hydrogen-bond donors (Lipinski definition) is 1. The molecule has 7 heteroatoms. The van der Waals surface area contributed by atoms with E-state index in [1.807, 2.05) is 31.2 Å². The number of hydrogen-bond acceptors (Lipinski definition) is 4. The van der Waals surface area contributed by atoms with Crippen LogP contribution in [0.4, 0.5) is 11.4 Å². The third-order valence-electron chi connectivity index (χ3n) is 4.05. The maximum Gasteiger partial charge on any atom is 0.280 e. The van der Waals surface area contributed by atoms with Gasteiger partial charge in [-0.1, -0.05) is 28.1 Å². The molecule has 2 aromatic carbocycles. The van der Waals surface area contributed by atoms with Crippen LogP contribution in [0.3, 0.4) is 0 Å². The highest BCUT2D eigenvalue weighted by Crippen LogP contribution is 2.26. The van der Waals surface area contributed by atoms with Gasteiger partial charge in [0.1, 0.15) is 0 Å². The van der Waals surface area contributed by atoms with Gasteiger partial charge in [0.2, 0.25) is 0 Å². The summed E-state index contributed by atoms with van der Waals surface area (Å²) in [4.78, 5) is 29.9. The fourth-order valence-corrected chi connectivity index (χ4v) is 3.08. The van der Waals surface area contributed by atoms with Gasteiger partial charge in [0.05, 0.1) is 22.5 Å². The minimum atomic E-state index is -0.364. The summed E-state index contributed by atoms with van der Waals surface area (Å²) in [5, 5.41) is 8.35. The Morgan fingerprint density at radius 3 is 2.66 bits per heavy atom. The van der Waals surface area contributed by atoms with Crippen LogP contribution in [0.25, 0.3) is 0 Å². The lowest BCUT2D eigenvalue weighted by Crippen LogP contribution is -2.27. The van der Waals surface area contributed by atoms with Crippen molar-refractivity contribution >= 4 is 45.3 Å². The number of anilines is 2. The summed E-state index contributed by atoms with van der Waals surface area (Å²) in [6.07, 6.45) is 4.61. The van der Waals surface area contributed by atoms with Crippen LogP contribution in [-0.4, -0.2) is 23.0 Å². The number of carbonyl (C=O) groups is 2. The van der Waals surface area contributed by atoms with E-state index in [1.165, 1.54) is 11.2 Å². The highest BCUT2D eigenvalue weighted by atomic mass is 79.9. The Labute approximate surface area is 177 Å². The Morgan fingerprint density at radius 2 is 1.97 bits per heavy atom. The van der Waals surface area contributed by atoms with E-state index in [4.69, 9.17) is 0 Å². The first-order valence-corrected chi connectivity index (χ1v) is 9.69. The van der Waals surface area contributed by atoms with Crippen LogP contribution in [0.15, 0.2) is 76.6 Å². The van der Waals surface area contributed by atoms with Crippen LogP contribution >= 0.6 is 15.9 Å². The van der Waals surface area contributed by atoms with Gasteiger partial charge >= 0.3 is 0 Å². The molecule has 2 amide bonds. The van der Waals surface area contributed by atoms with Gasteiger partial charge in [0, 0.05) is 23.1 Å². The third kappa shape index (κ3) is 4.94. The molecule has 3 rings (SSSR count). The zero-order valence-corrected chi connectivity index (χ0v) is 17.6. The SMILES string of the molecule is CC=NN(C(=O)c1cc(Br)ccc1NC(=O)c1cccnc1)c1cccc(C)c1. The number of nitrogens with zero attached hydrogens (tertiary/aromatic N) is 3. The number of hydrazone groups is 1. The first-order valence-electron chi connectivity index (χ1n) is 8.90. The van der Waals surface area contributed by atoms with Crippen molar-refractivity contribution in [2.75, 3.05) is 10.3 Å². The number of amides is 2. The third-order valence-corrected chi connectivity index (χ3v) is 4.55. The highest BCUT2D eigenvalue weighted by molar-refractivity contribution is 9.10. The van der Waals surface area contributed by atoms with E-state index in [9.17, 15) is 9.59 Å². The summed E-state index contributed by atoms with van der Waals surface area (Å²) in [6.45, 7) is 3.68. The second-order valence-electron chi connectivity index (χ2n) is 6.22. The van der Waals surface area contributed by atoms with Gasteiger partial charge in [0.15, 0.2) is 0 Å². The number of halogens is 1. The van der Waals surface area contributed by atoms with Gasteiger partial charge < -0.3 is 5.32 Å². The van der Waals surface area contributed by atoms with Gasteiger partial charge in [-0.2, -0.15) is 10.1 Å². The number of nitrogens with one attached hydrogen (secondary N) is 1. The monoisotopic (exact) mass is 450 g/mol. The molecule has 29 heavy (non-hydrogen) atoms. The molecule has 0 aliphatic carbocycles. The zero-order valence-electron chi connectivity index (χ0n) is 16.0. The summed E-state index contributed by atoms with van der Waals surface area (Å²) in [5.41, 5.74) is 2.74. The quantitative estimate of drug-likeness (QED) is 0.436. The Hall–Kier alpha value is -3.32. The first kappa shape index (κ1) is 20.4. The molecule has 146 valence electrons. The molecule has 1 aromatic heterocycles. The highest BCUT2D eigenvalue weighted by Gasteiger charge is 2.22. The standard InChI is InChI=1S/C22H19BrN4O2/c1-3-25-27(18-8-4-6-15(2)12-18)22(29)19-13-17(23)9-10-20(19)26-21(28)16-7-5-11-24-14-16/h3-14H,1-2H3,(H,26,28). The summed E-state index contributed by atoms with van der Waals surface area (Å²) < 4.78 is 0.713. The smallest absolute Gasteiger partial charge is 0.280 e. The Kier molecular flexibility index (Phi) is 6.51. The Bertz CT molecular complexity index is 1070. The average Bonchev–Trinajstić information content (AvgIpc) is 2.73. The normalized spacial score (nSPS) is 10.7. The second-order valence-corrected chi connectivity index (χ2v) is 7.13. The number of benzene rings is 2. The van der Waals surface area contributed by atoms with E-state index in [0.29, 0.717) is 27.0 Å². The molecule has 0 saturated heterocycles. The molecule has 0 aliphatic heterocycles. The van der Waals surface area contributed by atoms with Crippen LogP contribution < -0.4 is 10.3 Å². The largest absolute Gasteiger partial charge is 0.321 e. The molecule has 1 N–H and O–H groups in total. The molecule has 1 heterocycles. The maximum absolute atomic E-state index is 13.4. The van der Waals surface area contributed by atoms with Crippen molar-refractivity contribution < 1.29 is 9.59 Å². The van der Waals surface area contributed by atoms with Crippen LogP contribution in [0.1, 0.15) is 33.2 Å². The predicted octanol–water partition coefficient (Wildman–Crippen LogP) is 5.06. The first-order chi connectivity index (χ1) is 14.0. The second kappa shape index (κ2) is 9.25. The van der Waals surface area contributed by atoms with Crippen molar-refractivity contribution in [3.05, 3.63) is 88.2 Å². The maximum atomic E-state index is 13.4. The minimum Gasteiger partial charge on any atom is -0.321 e. The lowest BCUT2D eigenvalue weighted by Gasteiger charge is -2.20. The van der Waals surface area contributed by atoms with Gasteiger partial charge in [-0.05, 0) is 61.9 Å². The molecule has 0 aliphatic rings. The molecule has 0 atom stereocenters. The van der Waals surface area contributed by atoms with Crippen molar-refractivity contribution in [2.24, 2.45) is 5.10 Å². The number of pyridine rings is 1. The lowest BCUT2D eigenvalue weighted by atomic mass is 10.1. The van der Waals surface area contributed by atoms with Crippen LogP contribution in [-0.2, 0) is 0 Å². The van der Waals surface area contributed by atoms with E-state index < -0.39 is 0 Å². The van der Waals surface area contributed by atoms with Crippen molar-refractivity contribution in [1.82, 2.24) is 4.98 Å². The van der Waals surface area contributed by atoms with E-state index in [1.54, 1.807) is 49.7 Å². The van der Waals surface area contributed by atoms with Gasteiger partial charge in [-0.3, -0.25) is 14.6 Å². The summed E-state index contributed by atoms with van der Waals surface area (Å²) in [5.74, 6) is -0.716. The summed E-state index contributed by atoms with van der Waals surface area (Å²) in [6, 6.07) is 15.9. The molecule has 0 bridgehead atoms. The molecule has 0 unspecified atom stereocenters. The topological polar surface area (TPSA) is 74.7 Å². The lowest BCUT2D eigenvalue weighted by molar-refractivity contribution is 0.0988. The number of aromatic nitrogens is 1. The molecule has 0 radical (unpaired) electrons. The van der Waals surface area contributed by atoms with Gasteiger partial charge in [0.25, 0.3) is 11.8 Å². The van der Waals surface area contributed by atoms with Crippen molar-refractivity contribution in [2.45, 2.75) is 13.8 Å². The molecule has 3 aromatic rings. The van der Waals surface area contributed by atoms with Crippen molar-refractivity contribution in [3.63, 3.8) is 0 Å². The molecule has 0 spiro atoms. The van der Waals surface area contributed by atoms with E-state index >= 15 is 0 Å². The number of rotatable bonds is 5. The van der Waals surface area contributed by atoms with Crippen molar-refractivity contribution in [3.8, 4) is 0 Å². The molecule has 0 fully saturated rings. The summed E-state index contributed by atoms with van der Waals surface area (Å²) >= 11 is 3.40. The van der Waals surface area contributed by atoms with Crippen LogP contribution in [0.2, 0.25) is 0 Å². The number of carbonyl (C=O) groups excluding carboxylic acids is 2. The fourth-order valence-electron chi connectivity index (χ4n) is 2.72. The van der Waals surface area contributed by atoms with E-state index in [-0.39, 0.29) is 11.8 Å². The average molecular weight is 451 g/mol. The van der Waals surface area contributed by atoms with Gasteiger partial charge in [-0.25, -0.2) is 0 Å². The van der Waals surface area contributed by atoms with Crippen LogP contribution in [0.5, 0.6) is 0 Å². The predicted molar refractivity (Wildman–Crippen MR) is 118 cm³/mol. The van der Waals surface area contributed by atoms with Gasteiger partial charge in [-0.15, -0.1) is 0 Å². The van der Waals surface area contributed by atoms with E-state index in [0.717, 1.165) is 5.56 Å². The molecular weight excluding hydrogens is 432 g/mol. The molecular formula is C22H19BrN4O2.